The van der Waals surface area contributed by atoms with Crippen molar-refractivity contribution in [2.75, 3.05) is 26.2 Å². The van der Waals surface area contributed by atoms with Gasteiger partial charge in [-0.1, -0.05) is 42.5 Å². The number of phenolic OH excluding ortho intramolecular Hbond substituents is 1. The van der Waals surface area contributed by atoms with Crippen LogP contribution in [0.5, 0.6) is 5.75 Å². The van der Waals surface area contributed by atoms with Crippen LogP contribution in [-0.2, 0) is 10.3 Å². The molecule has 26 heavy (non-hydrogen) atoms. The number of hydrogen-bond donors (Lipinski definition) is 2. The molecule has 1 atom stereocenters. The molecule has 1 aliphatic heterocycles. The van der Waals surface area contributed by atoms with E-state index in [0.717, 1.165) is 5.56 Å². The number of aromatic hydroxyl groups is 1. The predicted molar refractivity (Wildman–Crippen MR) is 98.6 cm³/mol. The Morgan fingerprint density at radius 1 is 0.923 bits per heavy atom. The molecule has 2 aromatic rings. The zero-order valence-electron chi connectivity index (χ0n) is 14.8. The monoisotopic (exact) mass is 353 g/mol. The molecule has 6 nitrogen and oxygen atoms in total. The number of hydrogen-bond acceptors (Lipinski definition) is 4. The van der Waals surface area contributed by atoms with Gasteiger partial charge in [0.1, 0.15) is 11.3 Å². The number of para-hydroxylation sites is 1. The van der Waals surface area contributed by atoms with Crippen LogP contribution < -0.4 is 5.73 Å². The summed E-state index contributed by atoms with van der Waals surface area (Å²) in [5, 5.41) is 9.86. The molecule has 1 saturated heterocycles. The molecule has 3 rings (SSSR count). The number of piperazine rings is 1. The van der Waals surface area contributed by atoms with Crippen molar-refractivity contribution in [3.8, 4) is 5.75 Å². The molecule has 6 heteroatoms. The molecular weight excluding hydrogens is 330 g/mol. The first-order valence-corrected chi connectivity index (χ1v) is 8.62. The number of rotatable bonds is 3. The molecule has 2 aromatic carbocycles. The first-order chi connectivity index (χ1) is 12.4. The van der Waals surface area contributed by atoms with Gasteiger partial charge in [-0.15, -0.1) is 0 Å². The van der Waals surface area contributed by atoms with Crippen LogP contribution in [0.3, 0.4) is 0 Å². The van der Waals surface area contributed by atoms with Gasteiger partial charge in [-0.05, 0) is 24.6 Å². The summed E-state index contributed by atoms with van der Waals surface area (Å²) in [6.45, 7) is 3.35. The Kier molecular flexibility index (Phi) is 4.95. The fourth-order valence-electron chi connectivity index (χ4n) is 3.17. The van der Waals surface area contributed by atoms with Crippen molar-refractivity contribution in [1.29, 1.82) is 0 Å². The molecule has 0 spiro atoms. The summed E-state index contributed by atoms with van der Waals surface area (Å²) in [5.41, 5.74) is 6.25. The van der Waals surface area contributed by atoms with Crippen LogP contribution in [0.25, 0.3) is 0 Å². The Bertz CT molecular complexity index is 797. The molecule has 0 aromatic heterocycles. The van der Waals surface area contributed by atoms with Crippen molar-refractivity contribution in [3.63, 3.8) is 0 Å². The maximum Gasteiger partial charge on any atom is 0.257 e. The van der Waals surface area contributed by atoms with E-state index in [1.165, 1.54) is 6.07 Å². The third-order valence-electron chi connectivity index (χ3n) is 4.81. The van der Waals surface area contributed by atoms with Gasteiger partial charge in [0.25, 0.3) is 5.91 Å². The minimum atomic E-state index is -1.11. The van der Waals surface area contributed by atoms with Crippen LogP contribution in [0, 0.1) is 0 Å². The van der Waals surface area contributed by atoms with Gasteiger partial charge in [0, 0.05) is 26.2 Å². The minimum absolute atomic E-state index is 0.0328. The Morgan fingerprint density at radius 2 is 1.46 bits per heavy atom. The van der Waals surface area contributed by atoms with Crippen molar-refractivity contribution in [2.45, 2.75) is 12.5 Å². The second-order valence-electron chi connectivity index (χ2n) is 6.67. The van der Waals surface area contributed by atoms with E-state index >= 15 is 0 Å². The molecule has 3 N–H and O–H groups in total. The Hall–Kier alpha value is -2.86. The van der Waals surface area contributed by atoms with Crippen molar-refractivity contribution >= 4 is 11.8 Å². The van der Waals surface area contributed by atoms with Crippen LogP contribution >= 0.6 is 0 Å². The molecule has 0 aliphatic carbocycles. The molecule has 1 unspecified atom stereocenters. The number of phenols is 1. The second kappa shape index (κ2) is 7.17. The zero-order chi connectivity index (χ0) is 18.7. The van der Waals surface area contributed by atoms with E-state index in [-0.39, 0.29) is 23.1 Å². The SMILES string of the molecule is CC(N)(C(=O)N1CCN(C(=O)c2ccccc2O)CC1)c1ccccc1. The summed E-state index contributed by atoms with van der Waals surface area (Å²) in [6.07, 6.45) is 0. The number of carbonyl (C=O) groups is 2. The summed E-state index contributed by atoms with van der Waals surface area (Å²) in [7, 11) is 0. The van der Waals surface area contributed by atoms with Crippen LogP contribution in [0.2, 0.25) is 0 Å². The fourth-order valence-corrected chi connectivity index (χ4v) is 3.17. The van der Waals surface area contributed by atoms with E-state index in [1.54, 1.807) is 34.9 Å². The highest BCUT2D eigenvalue weighted by atomic mass is 16.3. The largest absolute Gasteiger partial charge is 0.507 e. The van der Waals surface area contributed by atoms with Crippen LogP contribution in [0.15, 0.2) is 54.6 Å². The molecule has 0 bridgehead atoms. The quantitative estimate of drug-likeness (QED) is 0.876. The van der Waals surface area contributed by atoms with Crippen LogP contribution in [-0.4, -0.2) is 52.9 Å². The highest BCUT2D eigenvalue weighted by molar-refractivity contribution is 5.97. The standard InChI is InChI=1S/C20H23N3O3/c1-20(21,15-7-3-2-4-8-15)19(26)23-13-11-22(12-14-23)18(25)16-9-5-6-10-17(16)24/h2-10,24H,11-14,21H2,1H3. The summed E-state index contributed by atoms with van der Waals surface area (Å²) in [4.78, 5) is 28.8. The number of carbonyl (C=O) groups excluding carboxylic acids is 2. The third-order valence-corrected chi connectivity index (χ3v) is 4.81. The number of nitrogens with zero attached hydrogens (tertiary/aromatic N) is 2. The van der Waals surface area contributed by atoms with Crippen LogP contribution in [0.1, 0.15) is 22.8 Å². The zero-order valence-corrected chi connectivity index (χ0v) is 14.8. The van der Waals surface area contributed by atoms with Gasteiger partial charge < -0.3 is 20.6 Å². The van der Waals surface area contributed by atoms with E-state index in [0.29, 0.717) is 26.2 Å². The van der Waals surface area contributed by atoms with E-state index in [1.807, 2.05) is 30.3 Å². The lowest BCUT2D eigenvalue weighted by molar-refractivity contribution is -0.138. The number of amides is 2. The maximum atomic E-state index is 12.9. The lowest BCUT2D eigenvalue weighted by Gasteiger charge is -2.38. The van der Waals surface area contributed by atoms with E-state index in [9.17, 15) is 14.7 Å². The Labute approximate surface area is 152 Å². The third kappa shape index (κ3) is 3.41. The molecule has 0 saturated carbocycles. The molecule has 0 radical (unpaired) electrons. The van der Waals surface area contributed by atoms with Gasteiger partial charge in [0.2, 0.25) is 5.91 Å². The first-order valence-electron chi connectivity index (χ1n) is 8.62. The topological polar surface area (TPSA) is 86.9 Å². The molecule has 136 valence electrons. The summed E-state index contributed by atoms with van der Waals surface area (Å²) >= 11 is 0. The van der Waals surface area contributed by atoms with Gasteiger partial charge in [-0.25, -0.2) is 0 Å². The summed E-state index contributed by atoms with van der Waals surface area (Å²) < 4.78 is 0. The minimum Gasteiger partial charge on any atom is -0.507 e. The van der Waals surface area contributed by atoms with Crippen molar-refractivity contribution in [2.24, 2.45) is 5.73 Å². The van der Waals surface area contributed by atoms with Gasteiger partial charge in [-0.2, -0.15) is 0 Å². The van der Waals surface area contributed by atoms with Gasteiger partial charge in [-0.3, -0.25) is 9.59 Å². The molecular formula is C20H23N3O3. The van der Waals surface area contributed by atoms with E-state index in [2.05, 4.69) is 0 Å². The van der Waals surface area contributed by atoms with Gasteiger partial charge >= 0.3 is 0 Å². The number of nitrogens with two attached hydrogens (primary N) is 1. The lowest BCUT2D eigenvalue weighted by Crippen LogP contribution is -2.57. The normalized spacial score (nSPS) is 16.8. The van der Waals surface area contributed by atoms with Gasteiger partial charge in [0.05, 0.1) is 5.56 Å². The second-order valence-corrected chi connectivity index (χ2v) is 6.67. The number of benzene rings is 2. The van der Waals surface area contributed by atoms with Crippen molar-refractivity contribution in [1.82, 2.24) is 9.80 Å². The summed E-state index contributed by atoms with van der Waals surface area (Å²) in [5.74, 6) is -0.415. The smallest absolute Gasteiger partial charge is 0.257 e. The molecule has 2 amide bonds. The highest BCUT2D eigenvalue weighted by Gasteiger charge is 2.36. The van der Waals surface area contributed by atoms with E-state index < -0.39 is 5.54 Å². The average Bonchev–Trinajstić information content (AvgIpc) is 2.68. The molecule has 1 fully saturated rings. The average molecular weight is 353 g/mol. The fraction of sp³-hybridized carbons (Fsp3) is 0.300. The molecule has 1 heterocycles. The highest BCUT2D eigenvalue weighted by Crippen LogP contribution is 2.22. The Morgan fingerprint density at radius 3 is 2.08 bits per heavy atom. The Balaban J connectivity index is 1.66. The molecule has 1 aliphatic rings. The van der Waals surface area contributed by atoms with E-state index in [4.69, 9.17) is 5.73 Å². The first kappa shape index (κ1) is 17.9. The lowest BCUT2D eigenvalue weighted by atomic mass is 9.91. The van der Waals surface area contributed by atoms with Crippen molar-refractivity contribution in [3.05, 3.63) is 65.7 Å². The maximum absolute atomic E-state index is 12.9. The van der Waals surface area contributed by atoms with Gasteiger partial charge in [0.15, 0.2) is 0 Å². The van der Waals surface area contributed by atoms with Crippen molar-refractivity contribution < 1.29 is 14.7 Å². The summed E-state index contributed by atoms with van der Waals surface area (Å²) in [6, 6.07) is 15.8. The van der Waals surface area contributed by atoms with Crippen LogP contribution in [0.4, 0.5) is 0 Å². The predicted octanol–water partition coefficient (Wildman–Crippen LogP) is 1.55.